The highest BCUT2D eigenvalue weighted by Gasteiger charge is 2.20. The number of ether oxygens (including phenoxy) is 1. The molecule has 2 heteroatoms. The fraction of sp³-hybridized carbons (Fsp3) is 0.368. The normalized spacial score (nSPS) is 14.7. The Morgan fingerprint density at radius 2 is 1.76 bits per heavy atom. The van der Waals surface area contributed by atoms with Crippen molar-refractivity contribution in [3.63, 3.8) is 0 Å². The molecule has 2 aromatic carbocycles. The lowest BCUT2D eigenvalue weighted by Crippen LogP contribution is -2.22. The van der Waals surface area contributed by atoms with Crippen LogP contribution in [0.3, 0.4) is 0 Å². The van der Waals surface area contributed by atoms with Crippen molar-refractivity contribution >= 4 is 0 Å². The fourth-order valence-corrected chi connectivity index (χ4v) is 2.80. The quantitative estimate of drug-likeness (QED) is 0.783. The van der Waals surface area contributed by atoms with E-state index in [1.54, 1.807) is 0 Å². The molecule has 0 saturated carbocycles. The Balaban J connectivity index is 1.81. The topological polar surface area (TPSA) is 29.5 Å². The molecule has 110 valence electrons. The minimum Gasteiger partial charge on any atom is -0.386 e. The highest BCUT2D eigenvalue weighted by Crippen LogP contribution is 2.37. The van der Waals surface area contributed by atoms with Gasteiger partial charge in [-0.3, -0.25) is 0 Å². The molecular weight excluding hydrogens is 260 g/mol. The second-order valence-electron chi connectivity index (χ2n) is 6.69. The van der Waals surface area contributed by atoms with Crippen molar-refractivity contribution in [3.8, 4) is 11.1 Å². The molecule has 1 N–H and O–H groups in total. The zero-order valence-corrected chi connectivity index (χ0v) is 12.9. The molecule has 0 fully saturated rings. The van der Waals surface area contributed by atoms with Crippen molar-refractivity contribution in [3.05, 3.63) is 59.2 Å². The summed E-state index contributed by atoms with van der Waals surface area (Å²) in [7, 11) is 0. The molecule has 0 bridgehead atoms. The van der Waals surface area contributed by atoms with E-state index in [4.69, 9.17) is 4.74 Å². The van der Waals surface area contributed by atoms with E-state index in [9.17, 15) is 5.11 Å². The van der Waals surface area contributed by atoms with Gasteiger partial charge in [-0.2, -0.15) is 0 Å². The van der Waals surface area contributed by atoms with Crippen LogP contribution in [0.5, 0.6) is 0 Å². The van der Waals surface area contributed by atoms with Gasteiger partial charge in [0.2, 0.25) is 0 Å². The first kappa shape index (κ1) is 14.3. The molecule has 2 nitrogen and oxygen atoms in total. The third-order valence-corrected chi connectivity index (χ3v) is 3.88. The van der Waals surface area contributed by atoms with Crippen molar-refractivity contribution in [2.24, 2.45) is 0 Å². The van der Waals surface area contributed by atoms with Gasteiger partial charge in [0.05, 0.1) is 12.2 Å². The minimum atomic E-state index is -0.571. The Morgan fingerprint density at radius 3 is 2.52 bits per heavy atom. The molecule has 1 unspecified atom stereocenters. The minimum absolute atomic E-state index is 0.228. The van der Waals surface area contributed by atoms with E-state index in [2.05, 4.69) is 36.4 Å². The molecule has 2 aromatic rings. The Hall–Kier alpha value is -1.64. The first-order valence-electron chi connectivity index (χ1n) is 7.47. The molecule has 0 aromatic heterocycles. The van der Waals surface area contributed by atoms with Crippen molar-refractivity contribution in [2.45, 2.75) is 38.9 Å². The first-order valence-corrected chi connectivity index (χ1v) is 7.47. The van der Waals surface area contributed by atoms with Crippen LogP contribution in [0.25, 0.3) is 11.1 Å². The second-order valence-corrected chi connectivity index (χ2v) is 6.69. The molecule has 0 saturated heterocycles. The predicted molar refractivity (Wildman–Crippen MR) is 85.3 cm³/mol. The number of fused-ring (bicyclic) bond motifs is 3. The van der Waals surface area contributed by atoms with Gasteiger partial charge in [-0.1, -0.05) is 42.5 Å². The van der Waals surface area contributed by atoms with Gasteiger partial charge in [0.15, 0.2) is 0 Å². The SMILES string of the molecule is CC(C)(C)OCC(O)c1ccc2c(c1)Cc1ccccc1-2. The lowest BCUT2D eigenvalue weighted by molar-refractivity contribution is -0.0496. The van der Waals surface area contributed by atoms with E-state index in [0.29, 0.717) is 6.61 Å². The molecule has 1 atom stereocenters. The zero-order chi connectivity index (χ0) is 15.0. The average Bonchev–Trinajstić information content (AvgIpc) is 2.81. The van der Waals surface area contributed by atoms with Crippen LogP contribution >= 0.6 is 0 Å². The van der Waals surface area contributed by atoms with Gasteiger partial charge in [0.25, 0.3) is 0 Å². The Kier molecular flexibility index (Phi) is 3.60. The highest BCUT2D eigenvalue weighted by molar-refractivity contribution is 5.76. The number of hydrogen-bond acceptors (Lipinski definition) is 2. The number of aliphatic hydroxyl groups excluding tert-OH is 1. The summed E-state index contributed by atoms with van der Waals surface area (Å²) in [5.74, 6) is 0. The Morgan fingerprint density at radius 1 is 1.05 bits per heavy atom. The van der Waals surface area contributed by atoms with E-state index >= 15 is 0 Å². The van der Waals surface area contributed by atoms with Crippen molar-refractivity contribution < 1.29 is 9.84 Å². The van der Waals surface area contributed by atoms with E-state index in [-0.39, 0.29) is 5.60 Å². The van der Waals surface area contributed by atoms with Crippen LogP contribution in [0, 0.1) is 0 Å². The molecule has 1 aliphatic rings. The monoisotopic (exact) mass is 282 g/mol. The van der Waals surface area contributed by atoms with Crippen LogP contribution in [-0.4, -0.2) is 17.3 Å². The Bertz CT molecular complexity index is 653. The smallest absolute Gasteiger partial charge is 0.102 e. The Labute approximate surface area is 126 Å². The van der Waals surface area contributed by atoms with Crippen LogP contribution in [0.2, 0.25) is 0 Å². The van der Waals surface area contributed by atoms with Gasteiger partial charge in [-0.15, -0.1) is 0 Å². The lowest BCUT2D eigenvalue weighted by atomic mass is 10.0. The molecule has 3 rings (SSSR count). The summed E-state index contributed by atoms with van der Waals surface area (Å²) in [4.78, 5) is 0. The number of hydrogen-bond donors (Lipinski definition) is 1. The molecular formula is C19H22O2. The average molecular weight is 282 g/mol. The summed E-state index contributed by atoms with van der Waals surface area (Å²) in [6.45, 7) is 6.33. The molecule has 0 radical (unpaired) electrons. The maximum Gasteiger partial charge on any atom is 0.102 e. The second kappa shape index (κ2) is 5.28. The summed E-state index contributed by atoms with van der Waals surface area (Å²) in [5, 5.41) is 10.3. The third kappa shape index (κ3) is 3.02. The standard InChI is InChI=1S/C19H22O2/c1-19(2,3)21-12-18(20)14-8-9-17-15(11-14)10-13-6-4-5-7-16(13)17/h4-9,11,18,20H,10,12H2,1-3H3. The maximum absolute atomic E-state index is 10.3. The molecule has 0 amide bonds. The molecule has 0 heterocycles. The first-order chi connectivity index (χ1) is 9.94. The molecule has 1 aliphatic carbocycles. The number of aliphatic hydroxyl groups is 1. The van der Waals surface area contributed by atoms with Gasteiger partial charge in [0.1, 0.15) is 6.10 Å². The third-order valence-electron chi connectivity index (χ3n) is 3.88. The molecule has 21 heavy (non-hydrogen) atoms. The summed E-state index contributed by atoms with van der Waals surface area (Å²) in [6, 6.07) is 14.8. The van der Waals surface area contributed by atoms with E-state index < -0.39 is 6.10 Å². The molecule has 0 spiro atoms. The number of rotatable bonds is 3. The van der Waals surface area contributed by atoms with Crippen LogP contribution in [0.1, 0.15) is 43.6 Å². The summed E-state index contributed by atoms with van der Waals surface area (Å²) in [6.07, 6.45) is 0.380. The van der Waals surface area contributed by atoms with Crippen molar-refractivity contribution in [1.29, 1.82) is 0 Å². The number of benzene rings is 2. The van der Waals surface area contributed by atoms with Crippen LogP contribution in [0.4, 0.5) is 0 Å². The van der Waals surface area contributed by atoms with Crippen molar-refractivity contribution in [2.75, 3.05) is 6.61 Å². The molecule has 0 aliphatic heterocycles. The van der Waals surface area contributed by atoms with Gasteiger partial charge in [0, 0.05) is 0 Å². The van der Waals surface area contributed by atoms with Crippen LogP contribution in [-0.2, 0) is 11.2 Å². The van der Waals surface area contributed by atoms with Gasteiger partial charge >= 0.3 is 0 Å². The summed E-state index contributed by atoms with van der Waals surface area (Å²) >= 11 is 0. The van der Waals surface area contributed by atoms with E-state index in [1.807, 2.05) is 26.8 Å². The lowest BCUT2D eigenvalue weighted by Gasteiger charge is -2.22. The summed E-state index contributed by atoms with van der Waals surface area (Å²) < 4.78 is 5.68. The van der Waals surface area contributed by atoms with Gasteiger partial charge in [-0.05, 0) is 55.0 Å². The maximum atomic E-state index is 10.3. The van der Waals surface area contributed by atoms with E-state index in [1.165, 1.54) is 22.3 Å². The largest absolute Gasteiger partial charge is 0.386 e. The van der Waals surface area contributed by atoms with Crippen LogP contribution < -0.4 is 0 Å². The predicted octanol–water partition coefficient (Wildman–Crippen LogP) is 4.11. The summed E-state index contributed by atoms with van der Waals surface area (Å²) in [5.41, 5.74) is 5.98. The van der Waals surface area contributed by atoms with Crippen LogP contribution in [0.15, 0.2) is 42.5 Å². The van der Waals surface area contributed by atoms with Gasteiger partial charge < -0.3 is 9.84 Å². The zero-order valence-electron chi connectivity index (χ0n) is 12.9. The highest BCUT2D eigenvalue weighted by atomic mass is 16.5. The van der Waals surface area contributed by atoms with Gasteiger partial charge in [-0.25, -0.2) is 0 Å². The van der Waals surface area contributed by atoms with E-state index in [0.717, 1.165) is 12.0 Å². The fourth-order valence-electron chi connectivity index (χ4n) is 2.80. The van der Waals surface area contributed by atoms with Crippen molar-refractivity contribution in [1.82, 2.24) is 0 Å².